The summed E-state index contributed by atoms with van der Waals surface area (Å²) < 4.78 is 5.18. The molecule has 0 saturated carbocycles. The summed E-state index contributed by atoms with van der Waals surface area (Å²) in [7, 11) is 0. The molecule has 1 saturated heterocycles. The number of nitrogens with zero attached hydrogens (tertiary/aromatic N) is 1. The van der Waals surface area contributed by atoms with Crippen molar-refractivity contribution in [3.8, 4) is 0 Å². The Morgan fingerprint density at radius 3 is 3.06 bits per heavy atom. The molecule has 1 aliphatic heterocycles. The summed E-state index contributed by atoms with van der Waals surface area (Å²) in [6.45, 7) is 1.23. The number of rotatable bonds is 3. The Hall–Kier alpha value is -1.37. The van der Waals surface area contributed by atoms with Gasteiger partial charge in [0.2, 0.25) is 0 Å². The van der Waals surface area contributed by atoms with Crippen molar-refractivity contribution >= 4 is 23.3 Å². The van der Waals surface area contributed by atoms with E-state index in [0.717, 1.165) is 6.42 Å². The molecule has 0 aliphatic carbocycles. The highest BCUT2D eigenvalue weighted by molar-refractivity contribution is 6.29. The molecule has 4 N–H and O–H groups in total. The standard InChI is InChI=1S/C10H13ClN4O2/c11-8-3-6(4-9(14-8)15-12)10(16)13-7-1-2-17-5-7/h3-4,7H,1-2,5,12H2,(H,13,16)(H,14,15). The van der Waals surface area contributed by atoms with E-state index >= 15 is 0 Å². The predicted octanol–water partition coefficient (Wildman–Crippen LogP) is 0.539. The number of anilines is 1. The quantitative estimate of drug-likeness (QED) is 0.417. The number of hydrogen-bond acceptors (Lipinski definition) is 5. The fraction of sp³-hybridized carbons (Fsp3) is 0.400. The van der Waals surface area contributed by atoms with E-state index < -0.39 is 0 Å². The fourth-order valence-electron chi connectivity index (χ4n) is 1.62. The van der Waals surface area contributed by atoms with Gasteiger partial charge in [0.1, 0.15) is 11.0 Å². The van der Waals surface area contributed by atoms with Gasteiger partial charge in [-0.2, -0.15) is 0 Å². The summed E-state index contributed by atoms with van der Waals surface area (Å²) in [5.41, 5.74) is 2.78. The molecule has 0 radical (unpaired) electrons. The summed E-state index contributed by atoms with van der Waals surface area (Å²) in [5, 5.41) is 3.07. The number of hydrazine groups is 1. The minimum Gasteiger partial charge on any atom is -0.379 e. The normalized spacial score (nSPS) is 19.1. The zero-order valence-electron chi connectivity index (χ0n) is 9.07. The molecule has 0 aromatic carbocycles. The van der Waals surface area contributed by atoms with Crippen LogP contribution in [0.5, 0.6) is 0 Å². The predicted molar refractivity (Wildman–Crippen MR) is 63.7 cm³/mol. The Kier molecular flexibility index (Phi) is 3.78. The number of hydrogen-bond donors (Lipinski definition) is 3. The van der Waals surface area contributed by atoms with Crippen molar-refractivity contribution in [3.63, 3.8) is 0 Å². The molecular formula is C10H13ClN4O2. The average molecular weight is 257 g/mol. The van der Waals surface area contributed by atoms with Crippen molar-refractivity contribution in [3.05, 3.63) is 22.8 Å². The third-order valence-corrected chi connectivity index (χ3v) is 2.66. The van der Waals surface area contributed by atoms with Gasteiger partial charge in [0.25, 0.3) is 5.91 Å². The Morgan fingerprint density at radius 2 is 2.41 bits per heavy atom. The van der Waals surface area contributed by atoms with Crippen molar-refractivity contribution in [1.82, 2.24) is 10.3 Å². The molecule has 2 heterocycles. The van der Waals surface area contributed by atoms with Gasteiger partial charge in [-0.3, -0.25) is 4.79 Å². The third kappa shape index (κ3) is 3.06. The van der Waals surface area contributed by atoms with Crippen molar-refractivity contribution in [2.24, 2.45) is 5.84 Å². The first-order valence-electron chi connectivity index (χ1n) is 5.22. The van der Waals surface area contributed by atoms with Crippen LogP contribution in [0.2, 0.25) is 5.15 Å². The lowest BCUT2D eigenvalue weighted by Gasteiger charge is -2.11. The highest BCUT2D eigenvalue weighted by atomic mass is 35.5. The second-order valence-electron chi connectivity index (χ2n) is 3.74. The lowest BCUT2D eigenvalue weighted by molar-refractivity contribution is 0.0930. The maximum Gasteiger partial charge on any atom is 0.251 e. The van der Waals surface area contributed by atoms with Crippen LogP contribution in [0.3, 0.4) is 0 Å². The molecule has 17 heavy (non-hydrogen) atoms. The Balaban J connectivity index is 2.09. The fourth-order valence-corrected chi connectivity index (χ4v) is 1.83. The third-order valence-electron chi connectivity index (χ3n) is 2.47. The van der Waals surface area contributed by atoms with Gasteiger partial charge in [-0.25, -0.2) is 10.8 Å². The number of carbonyl (C=O) groups is 1. The van der Waals surface area contributed by atoms with Gasteiger partial charge in [0, 0.05) is 12.2 Å². The molecular weight excluding hydrogens is 244 g/mol. The number of amides is 1. The van der Waals surface area contributed by atoms with E-state index in [1.165, 1.54) is 12.1 Å². The maximum atomic E-state index is 11.9. The highest BCUT2D eigenvalue weighted by Crippen LogP contribution is 2.14. The molecule has 1 amide bonds. The topological polar surface area (TPSA) is 89.3 Å². The van der Waals surface area contributed by atoms with Crippen LogP contribution >= 0.6 is 11.6 Å². The number of ether oxygens (including phenoxy) is 1. The Morgan fingerprint density at radius 1 is 1.59 bits per heavy atom. The Labute approximate surface area is 103 Å². The van der Waals surface area contributed by atoms with Gasteiger partial charge in [-0.15, -0.1) is 0 Å². The lowest BCUT2D eigenvalue weighted by Crippen LogP contribution is -2.35. The molecule has 1 aromatic heterocycles. The van der Waals surface area contributed by atoms with Gasteiger partial charge in [0.05, 0.1) is 12.6 Å². The van der Waals surface area contributed by atoms with Crippen LogP contribution in [0.4, 0.5) is 5.82 Å². The number of pyridine rings is 1. The van der Waals surface area contributed by atoms with Crippen LogP contribution in [-0.2, 0) is 4.74 Å². The van der Waals surface area contributed by atoms with Crippen LogP contribution in [0.1, 0.15) is 16.8 Å². The van der Waals surface area contributed by atoms with E-state index in [1.54, 1.807) is 0 Å². The molecule has 0 spiro atoms. The van der Waals surface area contributed by atoms with Crippen LogP contribution in [0.25, 0.3) is 0 Å². The van der Waals surface area contributed by atoms with Gasteiger partial charge >= 0.3 is 0 Å². The van der Waals surface area contributed by atoms with E-state index in [1.807, 2.05) is 0 Å². The van der Waals surface area contributed by atoms with Crippen LogP contribution in [0.15, 0.2) is 12.1 Å². The molecule has 1 aromatic rings. The monoisotopic (exact) mass is 256 g/mol. The second-order valence-corrected chi connectivity index (χ2v) is 4.13. The summed E-state index contributed by atoms with van der Waals surface area (Å²) in [6, 6.07) is 3.09. The molecule has 6 nitrogen and oxygen atoms in total. The first-order valence-corrected chi connectivity index (χ1v) is 5.59. The molecule has 1 atom stereocenters. The summed E-state index contributed by atoms with van der Waals surface area (Å²) in [4.78, 5) is 15.8. The van der Waals surface area contributed by atoms with Crippen molar-refractivity contribution in [1.29, 1.82) is 0 Å². The minimum atomic E-state index is -0.207. The van der Waals surface area contributed by atoms with E-state index in [4.69, 9.17) is 22.2 Å². The number of carbonyl (C=O) groups excluding carboxylic acids is 1. The summed E-state index contributed by atoms with van der Waals surface area (Å²) >= 11 is 5.78. The molecule has 0 bridgehead atoms. The van der Waals surface area contributed by atoms with Gasteiger partial charge in [0.15, 0.2) is 0 Å². The van der Waals surface area contributed by atoms with Crippen molar-refractivity contribution < 1.29 is 9.53 Å². The maximum absolute atomic E-state index is 11.9. The first-order chi connectivity index (χ1) is 8.19. The largest absolute Gasteiger partial charge is 0.379 e. The number of nitrogens with one attached hydrogen (secondary N) is 2. The molecule has 1 aliphatic rings. The van der Waals surface area contributed by atoms with E-state index in [0.29, 0.717) is 24.6 Å². The van der Waals surface area contributed by atoms with E-state index in [9.17, 15) is 4.79 Å². The van der Waals surface area contributed by atoms with Crippen molar-refractivity contribution in [2.75, 3.05) is 18.6 Å². The SMILES string of the molecule is NNc1cc(C(=O)NC2CCOC2)cc(Cl)n1. The average Bonchev–Trinajstić information content (AvgIpc) is 2.81. The lowest BCUT2D eigenvalue weighted by atomic mass is 10.2. The van der Waals surface area contributed by atoms with E-state index in [-0.39, 0.29) is 17.1 Å². The highest BCUT2D eigenvalue weighted by Gasteiger charge is 2.19. The molecule has 2 rings (SSSR count). The molecule has 1 fully saturated rings. The minimum absolute atomic E-state index is 0.0590. The zero-order chi connectivity index (χ0) is 12.3. The van der Waals surface area contributed by atoms with E-state index in [2.05, 4.69) is 15.7 Å². The zero-order valence-corrected chi connectivity index (χ0v) is 9.83. The molecule has 7 heteroatoms. The number of halogens is 1. The van der Waals surface area contributed by atoms with Gasteiger partial charge in [-0.05, 0) is 18.6 Å². The number of nitrogens with two attached hydrogens (primary N) is 1. The van der Waals surface area contributed by atoms with Crippen LogP contribution < -0.4 is 16.6 Å². The summed E-state index contributed by atoms with van der Waals surface area (Å²) in [5.74, 6) is 5.37. The second kappa shape index (κ2) is 5.31. The number of nitrogen functional groups attached to an aromatic ring is 1. The van der Waals surface area contributed by atoms with Crippen LogP contribution in [-0.4, -0.2) is 30.1 Å². The smallest absolute Gasteiger partial charge is 0.251 e. The molecule has 1 unspecified atom stereocenters. The van der Waals surface area contributed by atoms with Gasteiger partial charge < -0.3 is 15.5 Å². The van der Waals surface area contributed by atoms with Crippen LogP contribution in [0, 0.1) is 0 Å². The van der Waals surface area contributed by atoms with Crippen molar-refractivity contribution in [2.45, 2.75) is 12.5 Å². The van der Waals surface area contributed by atoms with Gasteiger partial charge in [-0.1, -0.05) is 11.6 Å². The Bertz CT molecular complexity index is 421. The first kappa shape index (κ1) is 12.1. The molecule has 92 valence electrons. The number of aromatic nitrogens is 1. The summed E-state index contributed by atoms with van der Waals surface area (Å²) in [6.07, 6.45) is 0.826.